The third-order valence-electron chi connectivity index (χ3n) is 3.00. The van der Waals surface area contributed by atoms with Gasteiger partial charge in [-0.05, 0) is 36.5 Å². The maximum absolute atomic E-state index is 11.9. The molecule has 2 aromatic carbocycles. The van der Waals surface area contributed by atoms with Crippen LogP contribution in [0.5, 0.6) is 0 Å². The van der Waals surface area contributed by atoms with Crippen molar-refractivity contribution in [1.29, 1.82) is 0 Å². The number of nitrogens with one attached hydrogen (secondary N) is 3. The van der Waals surface area contributed by atoms with Gasteiger partial charge in [-0.1, -0.05) is 36.4 Å². The van der Waals surface area contributed by atoms with Crippen molar-refractivity contribution in [1.82, 2.24) is 16.0 Å². The number of amides is 2. The van der Waals surface area contributed by atoms with Crippen molar-refractivity contribution in [2.45, 2.75) is 0 Å². The van der Waals surface area contributed by atoms with Gasteiger partial charge in [-0.3, -0.25) is 14.9 Å². The van der Waals surface area contributed by atoms with Crippen molar-refractivity contribution < 1.29 is 9.59 Å². The molecular weight excluding hydrogens is 310 g/mol. The fourth-order valence-corrected chi connectivity index (χ4v) is 2.05. The summed E-state index contributed by atoms with van der Waals surface area (Å²) in [5.74, 6) is -0.414. The second kappa shape index (κ2) is 8.65. The minimum atomic E-state index is -0.267. The lowest BCUT2D eigenvalue weighted by molar-refractivity contribution is 0.0950. The lowest BCUT2D eigenvalue weighted by Crippen LogP contribution is -2.42. The Morgan fingerprint density at radius 2 is 1.22 bits per heavy atom. The van der Waals surface area contributed by atoms with Crippen molar-refractivity contribution in [3.8, 4) is 0 Å². The summed E-state index contributed by atoms with van der Waals surface area (Å²) >= 11 is 5.05. The molecule has 0 aliphatic carbocycles. The molecule has 118 valence electrons. The van der Waals surface area contributed by atoms with Gasteiger partial charge in [0.25, 0.3) is 11.8 Å². The summed E-state index contributed by atoms with van der Waals surface area (Å²) in [5, 5.41) is 8.45. The monoisotopic (exact) mass is 327 g/mol. The van der Waals surface area contributed by atoms with Crippen LogP contribution in [0.4, 0.5) is 0 Å². The summed E-state index contributed by atoms with van der Waals surface area (Å²) in [6.07, 6.45) is 0. The molecule has 2 aromatic rings. The van der Waals surface area contributed by atoms with Crippen molar-refractivity contribution in [2.75, 3.05) is 13.1 Å². The number of carbonyl (C=O) groups is 2. The third kappa shape index (κ3) is 5.52. The Labute approximate surface area is 140 Å². The molecule has 0 aliphatic heterocycles. The van der Waals surface area contributed by atoms with Gasteiger partial charge in [0.1, 0.15) is 0 Å². The Balaban J connectivity index is 1.67. The molecule has 0 aromatic heterocycles. The smallest absolute Gasteiger partial charge is 0.257 e. The molecule has 3 N–H and O–H groups in total. The number of carbonyl (C=O) groups excluding carboxylic acids is 2. The van der Waals surface area contributed by atoms with E-state index in [0.29, 0.717) is 24.2 Å². The molecule has 0 unspecified atom stereocenters. The molecule has 0 heterocycles. The van der Waals surface area contributed by atoms with E-state index < -0.39 is 0 Å². The molecule has 0 bridgehead atoms. The number of hydrogen-bond acceptors (Lipinski definition) is 3. The SMILES string of the molecule is O=C(NCCNC(=S)NC(=O)c1ccccc1)c1ccccc1. The van der Waals surface area contributed by atoms with Gasteiger partial charge in [-0.15, -0.1) is 0 Å². The Kier molecular flexibility index (Phi) is 6.26. The van der Waals surface area contributed by atoms with Gasteiger partial charge in [0.2, 0.25) is 0 Å². The predicted molar refractivity (Wildman–Crippen MR) is 93.3 cm³/mol. The predicted octanol–water partition coefficient (Wildman–Crippen LogP) is 1.72. The minimum absolute atomic E-state index is 0.147. The van der Waals surface area contributed by atoms with E-state index in [-0.39, 0.29) is 16.9 Å². The van der Waals surface area contributed by atoms with Crippen LogP contribution in [0.2, 0.25) is 0 Å². The third-order valence-corrected chi connectivity index (χ3v) is 3.24. The van der Waals surface area contributed by atoms with Crippen LogP contribution in [-0.4, -0.2) is 30.0 Å². The Morgan fingerprint density at radius 3 is 1.78 bits per heavy atom. The van der Waals surface area contributed by atoms with E-state index in [0.717, 1.165) is 0 Å². The van der Waals surface area contributed by atoms with Crippen molar-refractivity contribution in [3.63, 3.8) is 0 Å². The molecule has 2 rings (SSSR count). The largest absolute Gasteiger partial charge is 0.361 e. The van der Waals surface area contributed by atoms with Crippen LogP contribution in [0.3, 0.4) is 0 Å². The zero-order valence-corrected chi connectivity index (χ0v) is 13.2. The highest BCUT2D eigenvalue weighted by Crippen LogP contribution is 1.98. The lowest BCUT2D eigenvalue weighted by Gasteiger charge is -2.10. The van der Waals surface area contributed by atoms with Gasteiger partial charge in [0.05, 0.1) is 0 Å². The van der Waals surface area contributed by atoms with Gasteiger partial charge < -0.3 is 10.6 Å². The molecule has 0 saturated heterocycles. The van der Waals surface area contributed by atoms with Crippen molar-refractivity contribution >= 4 is 29.1 Å². The standard InChI is InChI=1S/C17H17N3O2S/c21-15(13-7-3-1-4-8-13)18-11-12-19-17(23)20-16(22)14-9-5-2-6-10-14/h1-10H,11-12H2,(H,18,21)(H2,19,20,22,23). The summed E-state index contributed by atoms with van der Waals surface area (Å²) in [4.78, 5) is 23.7. The number of thiocarbonyl (C=S) groups is 1. The molecule has 0 fully saturated rings. The first-order valence-electron chi connectivity index (χ1n) is 7.14. The zero-order chi connectivity index (χ0) is 16.5. The highest BCUT2D eigenvalue weighted by molar-refractivity contribution is 7.80. The van der Waals surface area contributed by atoms with E-state index in [4.69, 9.17) is 12.2 Å². The minimum Gasteiger partial charge on any atom is -0.361 e. The van der Waals surface area contributed by atoms with E-state index in [1.807, 2.05) is 12.1 Å². The molecule has 0 spiro atoms. The first-order chi connectivity index (χ1) is 11.2. The second-order valence-corrected chi connectivity index (χ2v) is 5.11. The Morgan fingerprint density at radius 1 is 0.739 bits per heavy atom. The second-order valence-electron chi connectivity index (χ2n) is 4.70. The normalized spacial score (nSPS) is 9.74. The molecule has 2 amide bonds. The van der Waals surface area contributed by atoms with Crippen LogP contribution in [0.25, 0.3) is 0 Å². The molecular formula is C17H17N3O2S. The number of benzene rings is 2. The van der Waals surface area contributed by atoms with E-state index in [9.17, 15) is 9.59 Å². The number of hydrogen-bond donors (Lipinski definition) is 3. The molecule has 0 radical (unpaired) electrons. The van der Waals surface area contributed by atoms with Crippen LogP contribution in [0.1, 0.15) is 20.7 Å². The number of rotatable bonds is 5. The fraction of sp³-hybridized carbons (Fsp3) is 0.118. The quantitative estimate of drug-likeness (QED) is 0.578. The molecule has 0 atom stereocenters. The first kappa shape index (κ1) is 16.6. The Bertz CT molecular complexity index is 675. The van der Waals surface area contributed by atoms with E-state index in [1.165, 1.54) is 0 Å². The van der Waals surface area contributed by atoms with Gasteiger partial charge in [-0.25, -0.2) is 0 Å². The van der Waals surface area contributed by atoms with Crippen LogP contribution in [0, 0.1) is 0 Å². The summed E-state index contributed by atoms with van der Waals surface area (Å²) < 4.78 is 0. The topological polar surface area (TPSA) is 70.2 Å². The lowest BCUT2D eigenvalue weighted by atomic mass is 10.2. The van der Waals surface area contributed by atoms with E-state index >= 15 is 0 Å². The van der Waals surface area contributed by atoms with Gasteiger partial charge in [0, 0.05) is 24.2 Å². The van der Waals surface area contributed by atoms with Gasteiger partial charge in [0.15, 0.2) is 5.11 Å². The first-order valence-corrected chi connectivity index (χ1v) is 7.55. The molecule has 6 heteroatoms. The average molecular weight is 327 g/mol. The molecule has 0 aliphatic rings. The average Bonchev–Trinajstić information content (AvgIpc) is 2.60. The summed E-state index contributed by atoms with van der Waals surface area (Å²) in [5.41, 5.74) is 1.14. The molecule has 23 heavy (non-hydrogen) atoms. The Hall–Kier alpha value is -2.73. The van der Waals surface area contributed by atoms with E-state index in [2.05, 4.69) is 16.0 Å². The van der Waals surface area contributed by atoms with Gasteiger partial charge in [-0.2, -0.15) is 0 Å². The van der Waals surface area contributed by atoms with Crippen LogP contribution < -0.4 is 16.0 Å². The van der Waals surface area contributed by atoms with Crippen LogP contribution in [0.15, 0.2) is 60.7 Å². The molecule has 5 nitrogen and oxygen atoms in total. The fourth-order valence-electron chi connectivity index (χ4n) is 1.85. The maximum atomic E-state index is 11.9. The summed E-state index contributed by atoms with van der Waals surface area (Å²) in [7, 11) is 0. The van der Waals surface area contributed by atoms with Crippen LogP contribution >= 0.6 is 12.2 Å². The molecule has 0 saturated carbocycles. The van der Waals surface area contributed by atoms with Crippen molar-refractivity contribution in [2.24, 2.45) is 0 Å². The highest BCUT2D eigenvalue weighted by atomic mass is 32.1. The zero-order valence-electron chi connectivity index (χ0n) is 12.4. The highest BCUT2D eigenvalue weighted by Gasteiger charge is 2.07. The maximum Gasteiger partial charge on any atom is 0.257 e. The van der Waals surface area contributed by atoms with E-state index in [1.54, 1.807) is 48.5 Å². The van der Waals surface area contributed by atoms with Crippen LogP contribution in [-0.2, 0) is 0 Å². The summed E-state index contributed by atoms with van der Waals surface area (Å²) in [6.45, 7) is 0.821. The summed E-state index contributed by atoms with van der Waals surface area (Å²) in [6, 6.07) is 17.8. The van der Waals surface area contributed by atoms with Gasteiger partial charge >= 0.3 is 0 Å². The van der Waals surface area contributed by atoms with Crippen molar-refractivity contribution in [3.05, 3.63) is 71.8 Å².